The summed E-state index contributed by atoms with van der Waals surface area (Å²) in [5.41, 5.74) is 6.28. The molecular weight excluding hydrogens is 1090 g/mol. The molecule has 0 radical (unpaired) electrons. The molecule has 21 heteroatoms. The smallest absolute Gasteiger partial charge is 0.410 e. The number of hydrogen-bond donors (Lipinski definition) is 5. The van der Waals surface area contributed by atoms with Crippen LogP contribution in [0.4, 0.5) is 15.7 Å². The van der Waals surface area contributed by atoms with Gasteiger partial charge in [0.2, 0.25) is 5.91 Å². The molecule has 2 atom stereocenters. The number of carbonyl (C=O) groups excluding carboxylic acids is 5. The number of carboxylic acids is 1. The van der Waals surface area contributed by atoms with Crippen molar-refractivity contribution in [1.29, 1.82) is 0 Å². The van der Waals surface area contributed by atoms with E-state index in [1.54, 1.807) is 6.20 Å². The number of benzene rings is 3. The van der Waals surface area contributed by atoms with E-state index in [0.29, 0.717) is 73.1 Å². The maximum absolute atomic E-state index is 13.8. The number of aromatic carboxylic acids is 1. The van der Waals surface area contributed by atoms with Gasteiger partial charge in [0.25, 0.3) is 17.7 Å². The van der Waals surface area contributed by atoms with Gasteiger partial charge in [-0.2, -0.15) is 5.10 Å². The third-order valence-electron chi connectivity index (χ3n) is 17.5. The summed E-state index contributed by atoms with van der Waals surface area (Å²) in [5, 5.41) is 42.1. The molecule has 0 saturated heterocycles. The van der Waals surface area contributed by atoms with Gasteiger partial charge in [-0.05, 0) is 134 Å². The number of aromatic nitrogens is 4. The van der Waals surface area contributed by atoms with E-state index in [4.69, 9.17) is 19.6 Å². The van der Waals surface area contributed by atoms with Crippen molar-refractivity contribution >= 4 is 68.2 Å². The summed E-state index contributed by atoms with van der Waals surface area (Å²) in [6.45, 7) is 8.16. The highest BCUT2D eigenvalue weighted by Crippen LogP contribution is 2.72. The van der Waals surface area contributed by atoms with E-state index in [9.17, 15) is 44.1 Å². The number of hydrogen-bond acceptors (Lipinski definition) is 15. The first-order chi connectivity index (χ1) is 40.3. The summed E-state index contributed by atoms with van der Waals surface area (Å²) in [5.74, 6) is -2.91. The number of carbonyl (C=O) groups is 6. The van der Waals surface area contributed by atoms with Gasteiger partial charge in [-0.15, -0.1) is 0 Å². The topological polar surface area (TPSA) is 259 Å². The Kier molecular flexibility index (Phi) is 16.3. The number of rotatable bonds is 23. The number of aryl methyl sites for hydroxylation is 1. The largest absolute Gasteiger partial charge is 0.476 e. The monoisotopic (exact) mass is 1160 g/mol. The van der Waals surface area contributed by atoms with E-state index in [-0.39, 0.29) is 73.9 Å². The molecule has 4 saturated carbocycles. The summed E-state index contributed by atoms with van der Waals surface area (Å²) in [6, 6.07) is 24.7. The molecule has 2 unspecified atom stereocenters. The molecule has 4 fully saturated rings. The van der Waals surface area contributed by atoms with Gasteiger partial charge in [-0.1, -0.05) is 73.7 Å². The fourth-order valence-electron chi connectivity index (χ4n) is 14.9. The fourth-order valence-corrected chi connectivity index (χ4v) is 15.7. The first kappa shape index (κ1) is 57.9. The number of pyridine rings is 1. The molecule has 3 aromatic carbocycles. The van der Waals surface area contributed by atoms with Crippen LogP contribution in [-0.4, -0.2) is 139 Å². The van der Waals surface area contributed by atoms with Crippen LogP contribution >= 0.6 is 11.3 Å². The Morgan fingerprint density at radius 1 is 0.845 bits per heavy atom. The highest BCUT2D eigenvalue weighted by atomic mass is 32.1. The van der Waals surface area contributed by atoms with E-state index in [1.807, 2.05) is 95.4 Å². The number of aliphatic hydroxyl groups is 2. The lowest BCUT2D eigenvalue weighted by Gasteiger charge is -2.69. The van der Waals surface area contributed by atoms with Gasteiger partial charge in [-0.3, -0.25) is 34.1 Å². The number of nitrogens with zero attached hydrogens (tertiary/aromatic N) is 7. The Morgan fingerprint density at radius 2 is 1.58 bits per heavy atom. The standard InChI is InChI=1S/C63H71N9O11S/c1-40-47(45-17-18-51(67-55(45)57(79)80)69-23-21-44-9-6-10-46(48(44)28-69)56(78)68-58-66-49-11-4-5-12-50(49)84-58)26-65-72(40)39-62-34-60(2)33-61(3,35-62)37-63(36-60,38-62)83-25-24-70(27-43(30-73)31-74)59(81)82-32-42-15-13-41(14-16-42)8-7-22-64-52(75)29-71-53(76)19-20-54(71)77/h4-6,9-20,26,43,73-74H,7-8,21-25,27-39H2,1-3H3,(H,64,75)(H,79,80)(H,66,68,78). The third-order valence-corrected chi connectivity index (χ3v) is 18.5. The number of anilines is 2. The number of thiazole rings is 1. The number of amides is 5. The van der Waals surface area contributed by atoms with Gasteiger partial charge in [0.1, 0.15) is 19.0 Å². The van der Waals surface area contributed by atoms with Crippen LogP contribution in [0.5, 0.6) is 0 Å². The molecule has 440 valence electrons. The average molecular weight is 1160 g/mol. The van der Waals surface area contributed by atoms with Crippen LogP contribution in [0.2, 0.25) is 0 Å². The van der Waals surface area contributed by atoms with Crippen LogP contribution in [0.25, 0.3) is 21.3 Å². The van der Waals surface area contributed by atoms with Crippen LogP contribution in [-0.2, 0) is 56.4 Å². The molecule has 3 aromatic heterocycles. The first-order valence-electron chi connectivity index (χ1n) is 28.8. The molecule has 0 spiro atoms. The van der Waals surface area contributed by atoms with E-state index in [1.165, 1.54) is 16.2 Å². The fraction of sp³-hybridized carbons (Fsp3) is 0.444. The Bertz CT molecular complexity index is 3490. The maximum Gasteiger partial charge on any atom is 0.410 e. The number of fused-ring (bicyclic) bond motifs is 2. The summed E-state index contributed by atoms with van der Waals surface area (Å²) in [7, 11) is 0. The second-order valence-corrected chi connectivity index (χ2v) is 25.6. The van der Waals surface area contributed by atoms with Gasteiger partial charge in [-0.25, -0.2) is 19.6 Å². The third kappa shape index (κ3) is 12.4. The molecule has 4 bridgehead atoms. The second-order valence-electron chi connectivity index (χ2n) is 24.5. The van der Waals surface area contributed by atoms with Crippen molar-refractivity contribution in [2.75, 3.05) is 62.8 Å². The molecule has 6 aromatic rings. The van der Waals surface area contributed by atoms with Crippen LogP contribution in [0.1, 0.15) is 108 Å². The average Bonchev–Trinajstić information content (AvgIpc) is 0.778. The molecule has 12 rings (SSSR count). The zero-order chi connectivity index (χ0) is 59.0. The zero-order valence-electron chi connectivity index (χ0n) is 47.6. The van der Waals surface area contributed by atoms with Gasteiger partial charge >= 0.3 is 12.1 Å². The maximum atomic E-state index is 13.8. The van der Waals surface area contributed by atoms with Crippen LogP contribution in [0.3, 0.4) is 0 Å². The summed E-state index contributed by atoms with van der Waals surface area (Å²) >= 11 is 1.42. The van der Waals surface area contributed by atoms with Crippen molar-refractivity contribution < 1.29 is 53.6 Å². The van der Waals surface area contributed by atoms with Gasteiger partial charge in [0.15, 0.2) is 10.8 Å². The number of imide groups is 1. The van der Waals surface area contributed by atoms with E-state index < -0.39 is 41.3 Å². The SMILES string of the molecule is Cc1c(-c2ccc(N3CCc4cccc(C(=O)Nc5nc6ccccc6s5)c4C3)nc2C(=O)O)cnn1CC12CC3(C)CC(C)(C1)CC(OCCN(CC(CO)CO)C(=O)OCc1ccc(CCCNC(=O)CN4C(=O)C=CC4=O)cc1)(C3)C2. The number of ether oxygens (including phenoxy) is 2. The van der Waals surface area contributed by atoms with Crippen molar-refractivity contribution in [2.45, 2.75) is 104 Å². The molecular formula is C63H71N9O11S. The highest BCUT2D eigenvalue weighted by Gasteiger charge is 2.66. The Labute approximate surface area is 490 Å². The van der Waals surface area contributed by atoms with Crippen molar-refractivity contribution in [3.63, 3.8) is 0 Å². The van der Waals surface area contributed by atoms with Gasteiger partial charge < -0.3 is 39.9 Å². The van der Waals surface area contributed by atoms with Crippen molar-refractivity contribution in [3.05, 3.63) is 136 Å². The molecule has 6 aliphatic rings. The lowest BCUT2D eigenvalue weighted by atomic mass is 9.39. The number of nitrogens with one attached hydrogen (secondary N) is 2. The summed E-state index contributed by atoms with van der Waals surface area (Å²) in [4.78, 5) is 90.3. The first-order valence-corrected chi connectivity index (χ1v) is 29.6. The predicted octanol–water partition coefficient (Wildman–Crippen LogP) is 7.73. The van der Waals surface area contributed by atoms with Gasteiger partial charge in [0, 0.05) is 92.9 Å². The molecule has 5 N–H and O–H groups in total. The minimum Gasteiger partial charge on any atom is -0.476 e. The van der Waals surface area contributed by atoms with E-state index >= 15 is 0 Å². The number of carboxylic acid groups (broad SMARTS) is 1. The van der Waals surface area contributed by atoms with Gasteiger partial charge in [0.05, 0.1) is 28.6 Å². The normalized spacial score (nSPS) is 22.3. The van der Waals surface area contributed by atoms with E-state index in [0.717, 1.165) is 93.7 Å². The Morgan fingerprint density at radius 3 is 2.31 bits per heavy atom. The van der Waals surface area contributed by atoms with Crippen molar-refractivity contribution in [1.82, 2.24) is 34.9 Å². The van der Waals surface area contributed by atoms with Crippen LogP contribution in [0.15, 0.2) is 97.2 Å². The molecule has 2 aliphatic heterocycles. The molecule has 5 heterocycles. The Balaban J connectivity index is 0.722. The van der Waals surface area contributed by atoms with Crippen molar-refractivity contribution in [2.24, 2.45) is 22.2 Å². The summed E-state index contributed by atoms with van der Waals surface area (Å²) < 4.78 is 15.9. The lowest BCUT2D eigenvalue weighted by molar-refractivity contribution is -0.248. The molecule has 5 amide bonds. The lowest BCUT2D eigenvalue weighted by Crippen LogP contribution is -2.64. The van der Waals surface area contributed by atoms with Crippen LogP contribution in [0, 0.1) is 29.1 Å². The molecule has 20 nitrogen and oxygen atoms in total. The quantitative estimate of drug-likeness (QED) is 0.0304. The minimum absolute atomic E-state index is 0.000514. The van der Waals surface area contributed by atoms with E-state index in [2.05, 4.69) is 29.5 Å². The second kappa shape index (κ2) is 23.7. The highest BCUT2D eigenvalue weighted by molar-refractivity contribution is 7.22. The zero-order valence-corrected chi connectivity index (χ0v) is 48.4. The summed E-state index contributed by atoms with van der Waals surface area (Å²) in [6.07, 6.45) is 10.9. The molecule has 84 heavy (non-hydrogen) atoms. The van der Waals surface area contributed by atoms with Crippen LogP contribution < -0.4 is 15.5 Å². The number of aliphatic hydroxyl groups excluding tert-OH is 2. The molecule has 4 aliphatic carbocycles. The van der Waals surface area contributed by atoms with Crippen molar-refractivity contribution in [3.8, 4) is 11.1 Å². The minimum atomic E-state index is -1.15. The number of para-hydroxylation sites is 1. The predicted molar refractivity (Wildman–Crippen MR) is 314 cm³/mol. The Hall–Kier alpha value is -7.85.